The van der Waals surface area contributed by atoms with Crippen LogP contribution in [0, 0.1) is 17.5 Å². The molecule has 3 rings (SSSR count). The second kappa shape index (κ2) is 5.58. The molecule has 1 heterocycles. The van der Waals surface area contributed by atoms with Gasteiger partial charge in [0.25, 0.3) is 0 Å². The van der Waals surface area contributed by atoms with E-state index >= 15 is 0 Å². The molecule has 0 amide bonds. The fourth-order valence-electron chi connectivity index (χ4n) is 2.12. The zero-order valence-corrected chi connectivity index (χ0v) is 11.0. The Hall–Kier alpha value is -2.71. The Morgan fingerprint density at radius 2 is 1.73 bits per heavy atom. The topological polar surface area (TPSA) is 106 Å². The van der Waals surface area contributed by atoms with Crippen LogP contribution < -0.4 is 11.2 Å². The summed E-state index contributed by atoms with van der Waals surface area (Å²) in [6.45, 7) is 0. The minimum atomic E-state index is -1.83. The van der Waals surface area contributed by atoms with Crippen molar-refractivity contribution in [3.05, 3.63) is 39.9 Å². The third-order valence-electron chi connectivity index (χ3n) is 3.17. The number of pyridine rings is 1. The zero-order chi connectivity index (χ0) is 16.6. The third kappa shape index (κ3) is 2.69. The monoisotopic (exact) mass is 316 g/mol. The van der Waals surface area contributed by atoms with Crippen LogP contribution in [-0.2, 0) is 0 Å². The summed E-state index contributed by atoms with van der Waals surface area (Å²) in [6.07, 6.45) is 1.19. The van der Waals surface area contributed by atoms with Gasteiger partial charge in [-0.25, -0.2) is 18.0 Å². The number of anilines is 1. The van der Waals surface area contributed by atoms with E-state index in [1.54, 1.807) is 0 Å². The standard InChI is InChI=1S/C12H9F3N2O.CH2O3/c13-8-9(14)11(16)7-6(18)3-4-17(5-1-2-5)12(7)10(8)15;2-1(3)4/h3-5H,1-2,16H2;(H2,2,3,4). The zero-order valence-electron chi connectivity index (χ0n) is 11.0. The average Bonchev–Trinajstić information content (AvgIpc) is 3.26. The van der Waals surface area contributed by atoms with Gasteiger partial charge in [-0.3, -0.25) is 4.79 Å². The summed E-state index contributed by atoms with van der Waals surface area (Å²) in [7, 11) is 0. The highest BCUT2D eigenvalue weighted by Gasteiger charge is 2.29. The molecule has 118 valence electrons. The summed E-state index contributed by atoms with van der Waals surface area (Å²) in [5.41, 5.74) is 3.89. The van der Waals surface area contributed by atoms with Gasteiger partial charge in [-0.05, 0) is 12.8 Å². The Kier molecular flexibility index (Phi) is 3.98. The molecule has 1 aromatic carbocycles. The number of benzene rings is 1. The van der Waals surface area contributed by atoms with Crippen molar-refractivity contribution in [3.8, 4) is 0 Å². The molecule has 0 radical (unpaired) electrons. The van der Waals surface area contributed by atoms with Gasteiger partial charge in [0.1, 0.15) is 0 Å². The van der Waals surface area contributed by atoms with Gasteiger partial charge in [0, 0.05) is 18.3 Å². The highest BCUT2D eigenvalue weighted by atomic mass is 19.2. The number of nitrogen functional groups attached to an aromatic ring is 1. The summed E-state index contributed by atoms with van der Waals surface area (Å²) in [5, 5.41) is 13.7. The van der Waals surface area contributed by atoms with E-state index in [0.717, 1.165) is 12.8 Å². The van der Waals surface area contributed by atoms with Gasteiger partial charge in [0.2, 0.25) is 0 Å². The smallest absolute Gasteiger partial charge is 0.450 e. The molecule has 0 aliphatic heterocycles. The number of rotatable bonds is 1. The summed E-state index contributed by atoms with van der Waals surface area (Å²) in [4.78, 5) is 20.2. The highest BCUT2D eigenvalue weighted by Crippen LogP contribution is 2.38. The molecule has 1 saturated carbocycles. The largest absolute Gasteiger partial charge is 0.503 e. The summed E-state index contributed by atoms with van der Waals surface area (Å²) in [5.74, 6) is -4.51. The molecule has 1 fully saturated rings. The van der Waals surface area contributed by atoms with Crippen molar-refractivity contribution in [1.29, 1.82) is 0 Å². The molecule has 22 heavy (non-hydrogen) atoms. The van der Waals surface area contributed by atoms with Crippen LogP contribution in [0.25, 0.3) is 10.9 Å². The maximum atomic E-state index is 13.8. The fraction of sp³-hybridized carbons (Fsp3) is 0.231. The van der Waals surface area contributed by atoms with Gasteiger partial charge >= 0.3 is 6.16 Å². The van der Waals surface area contributed by atoms with E-state index in [0.29, 0.717) is 0 Å². The Balaban J connectivity index is 0.000000396. The quantitative estimate of drug-likeness (QED) is 0.554. The van der Waals surface area contributed by atoms with Crippen molar-refractivity contribution in [2.75, 3.05) is 5.73 Å². The lowest BCUT2D eigenvalue weighted by atomic mass is 10.1. The van der Waals surface area contributed by atoms with E-state index in [1.165, 1.54) is 16.8 Å². The predicted molar refractivity (Wildman–Crippen MR) is 71.4 cm³/mol. The van der Waals surface area contributed by atoms with Crippen LogP contribution in [0.3, 0.4) is 0 Å². The van der Waals surface area contributed by atoms with Crippen LogP contribution in [0.5, 0.6) is 0 Å². The predicted octanol–water partition coefficient (Wildman–Crippen LogP) is 2.56. The molecule has 1 aliphatic carbocycles. The first-order chi connectivity index (χ1) is 10.3. The third-order valence-corrected chi connectivity index (χ3v) is 3.17. The molecule has 1 aromatic heterocycles. The Bertz CT molecular complexity index is 811. The van der Waals surface area contributed by atoms with Crippen LogP contribution in [0.1, 0.15) is 18.9 Å². The second-order valence-corrected chi connectivity index (χ2v) is 4.68. The molecule has 4 N–H and O–H groups in total. The van der Waals surface area contributed by atoms with Gasteiger partial charge < -0.3 is 20.5 Å². The van der Waals surface area contributed by atoms with Crippen molar-refractivity contribution in [2.24, 2.45) is 0 Å². The molecule has 0 atom stereocenters. The van der Waals surface area contributed by atoms with E-state index in [4.69, 9.17) is 20.7 Å². The first kappa shape index (κ1) is 15.7. The first-order valence-electron chi connectivity index (χ1n) is 6.14. The Morgan fingerprint density at radius 1 is 1.18 bits per heavy atom. The number of carbonyl (C=O) groups is 1. The number of halogens is 3. The maximum Gasteiger partial charge on any atom is 0.503 e. The minimum absolute atomic E-state index is 0.0202. The van der Waals surface area contributed by atoms with Crippen molar-refractivity contribution < 1.29 is 28.2 Å². The van der Waals surface area contributed by atoms with Gasteiger partial charge in [0.05, 0.1) is 16.6 Å². The van der Waals surface area contributed by atoms with Crippen LogP contribution in [-0.4, -0.2) is 20.9 Å². The molecule has 0 spiro atoms. The normalized spacial score (nSPS) is 13.6. The number of carboxylic acid groups (broad SMARTS) is 2. The Morgan fingerprint density at radius 3 is 2.23 bits per heavy atom. The maximum absolute atomic E-state index is 13.8. The molecular weight excluding hydrogens is 305 g/mol. The molecule has 9 heteroatoms. The lowest BCUT2D eigenvalue weighted by molar-refractivity contribution is 0.137. The summed E-state index contributed by atoms with van der Waals surface area (Å²) >= 11 is 0. The van der Waals surface area contributed by atoms with E-state index in [9.17, 15) is 18.0 Å². The van der Waals surface area contributed by atoms with Crippen LogP contribution in [0.2, 0.25) is 0 Å². The number of aromatic nitrogens is 1. The Labute approximate surface area is 121 Å². The van der Waals surface area contributed by atoms with E-state index in [-0.39, 0.29) is 16.9 Å². The highest BCUT2D eigenvalue weighted by molar-refractivity contribution is 5.91. The number of nitrogens with two attached hydrogens (primary N) is 1. The van der Waals surface area contributed by atoms with Crippen molar-refractivity contribution in [3.63, 3.8) is 0 Å². The van der Waals surface area contributed by atoms with Crippen molar-refractivity contribution >= 4 is 22.7 Å². The van der Waals surface area contributed by atoms with Crippen LogP contribution in [0.15, 0.2) is 17.1 Å². The fourth-order valence-corrected chi connectivity index (χ4v) is 2.12. The van der Waals surface area contributed by atoms with Crippen molar-refractivity contribution in [1.82, 2.24) is 4.57 Å². The van der Waals surface area contributed by atoms with Gasteiger partial charge in [0.15, 0.2) is 22.9 Å². The van der Waals surface area contributed by atoms with Crippen LogP contribution in [0.4, 0.5) is 23.7 Å². The number of fused-ring (bicyclic) bond motifs is 1. The lowest BCUT2D eigenvalue weighted by Gasteiger charge is -2.12. The number of nitrogens with zero attached hydrogens (tertiary/aromatic N) is 1. The molecule has 6 nitrogen and oxygen atoms in total. The van der Waals surface area contributed by atoms with Gasteiger partial charge in [-0.1, -0.05) is 0 Å². The van der Waals surface area contributed by atoms with Crippen molar-refractivity contribution in [2.45, 2.75) is 18.9 Å². The molecule has 2 aromatic rings. The SMILES string of the molecule is Nc1c(F)c(F)c(F)c2c1c(=O)ccn2C1CC1.O=C(O)O. The summed E-state index contributed by atoms with van der Waals surface area (Å²) < 4.78 is 42.0. The number of hydrogen-bond donors (Lipinski definition) is 3. The molecule has 0 unspecified atom stereocenters. The van der Waals surface area contributed by atoms with E-state index in [2.05, 4.69) is 0 Å². The molecule has 0 bridgehead atoms. The minimum Gasteiger partial charge on any atom is -0.450 e. The molecule has 0 saturated heterocycles. The van der Waals surface area contributed by atoms with Gasteiger partial charge in [-0.2, -0.15) is 0 Å². The second-order valence-electron chi connectivity index (χ2n) is 4.68. The van der Waals surface area contributed by atoms with Crippen LogP contribution >= 0.6 is 0 Å². The number of hydrogen-bond acceptors (Lipinski definition) is 3. The molecular formula is C13H11F3N2O4. The van der Waals surface area contributed by atoms with Gasteiger partial charge in [-0.15, -0.1) is 0 Å². The first-order valence-corrected chi connectivity index (χ1v) is 6.14. The van der Waals surface area contributed by atoms with E-state index in [1.807, 2.05) is 0 Å². The molecule has 1 aliphatic rings. The lowest BCUT2D eigenvalue weighted by Crippen LogP contribution is -2.14. The summed E-state index contributed by atoms with van der Waals surface area (Å²) in [6, 6.07) is 1.21. The van der Waals surface area contributed by atoms with E-state index < -0.39 is 34.7 Å². The average molecular weight is 316 g/mol.